The fourth-order valence-corrected chi connectivity index (χ4v) is 4.10. The highest BCUT2D eigenvalue weighted by Crippen LogP contribution is 2.33. The van der Waals surface area contributed by atoms with Crippen molar-refractivity contribution in [1.82, 2.24) is 14.8 Å². The molecule has 32 heavy (non-hydrogen) atoms. The molecule has 4 aromatic rings. The van der Waals surface area contributed by atoms with Crippen LogP contribution < -0.4 is 10.1 Å². The quantitative estimate of drug-likeness (QED) is 0.375. The molecule has 6 nitrogen and oxygen atoms in total. The van der Waals surface area contributed by atoms with Gasteiger partial charge >= 0.3 is 0 Å². The van der Waals surface area contributed by atoms with E-state index in [1.54, 1.807) is 4.68 Å². The first-order chi connectivity index (χ1) is 15.6. The first-order valence-electron chi connectivity index (χ1n) is 9.97. The van der Waals surface area contributed by atoms with Gasteiger partial charge in [0.2, 0.25) is 5.28 Å². The molecule has 0 saturated carbocycles. The van der Waals surface area contributed by atoms with Crippen LogP contribution in [0.3, 0.4) is 0 Å². The molecule has 0 aliphatic heterocycles. The number of nitrogens with zero attached hydrogens (tertiary/aromatic N) is 3. The second-order valence-corrected chi connectivity index (χ2v) is 8.40. The number of hydrogen-bond acceptors (Lipinski definition) is 5. The minimum absolute atomic E-state index is 0.0852. The number of halogens is 1. The van der Waals surface area contributed by atoms with E-state index in [0.29, 0.717) is 23.1 Å². The second-order valence-electron chi connectivity index (χ2n) is 7.05. The summed E-state index contributed by atoms with van der Waals surface area (Å²) in [7, 11) is 0. The van der Waals surface area contributed by atoms with Gasteiger partial charge in [0.15, 0.2) is 11.8 Å². The van der Waals surface area contributed by atoms with Crippen LogP contribution in [0.25, 0.3) is 0 Å². The molecule has 1 heterocycles. The Bertz CT molecular complexity index is 1200. The standard InChI is InChI=1S/C24H21ClN4O2S/c1-17-11-13-19(14-12-17)31-16-22(30)26-20-9-5-6-10-21(20)32-24-27-23(25)28-29(24)15-18-7-3-2-4-8-18/h2-14H,15-16H2,1H3,(H,26,30). The largest absolute Gasteiger partial charge is 0.484 e. The number of amides is 1. The maximum absolute atomic E-state index is 12.5. The number of para-hydroxylation sites is 1. The average Bonchev–Trinajstić information content (AvgIpc) is 3.14. The number of nitrogens with one attached hydrogen (secondary N) is 1. The van der Waals surface area contributed by atoms with E-state index < -0.39 is 0 Å². The van der Waals surface area contributed by atoms with Crippen molar-refractivity contribution in [2.75, 3.05) is 11.9 Å². The van der Waals surface area contributed by atoms with Crippen molar-refractivity contribution >= 4 is 35.0 Å². The van der Waals surface area contributed by atoms with Crippen LogP contribution in [0.4, 0.5) is 5.69 Å². The molecule has 1 N–H and O–H groups in total. The molecule has 1 amide bonds. The van der Waals surface area contributed by atoms with Crippen molar-refractivity contribution in [3.63, 3.8) is 0 Å². The Balaban J connectivity index is 1.45. The van der Waals surface area contributed by atoms with E-state index in [9.17, 15) is 4.79 Å². The maximum Gasteiger partial charge on any atom is 0.262 e. The molecule has 4 rings (SSSR count). The zero-order chi connectivity index (χ0) is 22.3. The van der Waals surface area contributed by atoms with E-state index in [2.05, 4.69) is 15.4 Å². The number of ether oxygens (including phenoxy) is 1. The van der Waals surface area contributed by atoms with Gasteiger partial charge in [-0.05, 0) is 60.1 Å². The van der Waals surface area contributed by atoms with Crippen LogP contribution in [0.5, 0.6) is 5.75 Å². The lowest BCUT2D eigenvalue weighted by molar-refractivity contribution is -0.118. The third kappa shape index (κ3) is 5.90. The number of benzene rings is 3. The Morgan fingerprint density at radius 1 is 1.03 bits per heavy atom. The summed E-state index contributed by atoms with van der Waals surface area (Å²) < 4.78 is 7.33. The van der Waals surface area contributed by atoms with E-state index in [-0.39, 0.29) is 17.8 Å². The van der Waals surface area contributed by atoms with Crippen LogP contribution in [0.1, 0.15) is 11.1 Å². The third-order valence-corrected chi connectivity index (χ3v) is 5.76. The number of carbonyl (C=O) groups is 1. The first kappa shape index (κ1) is 21.9. The summed E-state index contributed by atoms with van der Waals surface area (Å²) in [6, 6.07) is 25.0. The van der Waals surface area contributed by atoms with E-state index in [0.717, 1.165) is 16.0 Å². The highest BCUT2D eigenvalue weighted by Gasteiger charge is 2.14. The highest BCUT2D eigenvalue weighted by atomic mass is 35.5. The van der Waals surface area contributed by atoms with Gasteiger partial charge in [0.1, 0.15) is 5.75 Å². The van der Waals surface area contributed by atoms with E-state index in [1.807, 2.05) is 85.8 Å². The van der Waals surface area contributed by atoms with Gasteiger partial charge < -0.3 is 10.1 Å². The van der Waals surface area contributed by atoms with Gasteiger partial charge in [-0.15, -0.1) is 5.10 Å². The van der Waals surface area contributed by atoms with Crippen molar-refractivity contribution in [1.29, 1.82) is 0 Å². The van der Waals surface area contributed by atoms with Crippen molar-refractivity contribution in [3.8, 4) is 5.75 Å². The molecule has 0 unspecified atom stereocenters. The van der Waals surface area contributed by atoms with Gasteiger partial charge in [0.05, 0.1) is 12.2 Å². The molecule has 0 atom stereocenters. The normalized spacial score (nSPS) is 10.7. The summed E-state index contributed by atoms with van der Waals surface area (Å²) in [6.45, 7) is 2.46. The topological polar surface area (TPSA) is 69.0 Å². The van der Waals surface area contributed by atoms with Gasteiger partial charge in [-0.2, -0.15) is 4.98 Å². The van der Waals surface area contributed by atoms with Crippen molar-refractivity contribution in [2.24, 2.45) is 0 Å². The molecule has 162 valence electrons. The molecule has 0 saturated heterocycles. The van der Waals surface area contributed by atoms with Crippen molar-refractivity contribution in [3.05, 3.63) is 95.3 Å². The summed E-state index contributed by atoms with van der Waals surface area (Å²) >= 11 is 7.48. The Hall–Kier alpha value is -3.29. The third-order valence-electron chi connectivity index (χ3n) is 4.54. The number of hydrogen-bond donors (Lipinski definition) is 1. The lowest BCUT2D eigenvalue weighted by Gasteiger charge is -2.12. The molecular formula is C24H21ClN4O2S. The van der Waals surface area contributed by atoms with Crippen LogP contribution in [-0.2, 0) is 11.3 Å². The second kappa shape index (κ2) is 10.3. The maximum atomic E-state index is 12.5. The summed E-state index contributed by atoms with van der Waals surface area (Å²) in [5.41, 5.74) is 2.89. The molecule has 3 aromatic carbocycles. The predicted molar refractivity (Wildman–Crippen MR) is 126 cm³/mol. The molecule has 1 aromatic heterocycles. The predicted octanol–water partition coefficient (Wildman–Crippen LogP) is 5.46. The number of anilines is 1. The number of aryl methyl sites for hydroxylation is 1. The molecule has 0 bridgehead atoms. The molecular weight excluding hydrogens is 444 g/mol. The molecule has 8 heteroatoms. The van der Waals surface area contributed by atoms with Gasteiger partial charge in [0, 0.05) is 4.90 Å². The molecule has 0 aliphatic rings. The first-order valence-corrected chi connectivity index (χ1v) is 11.2. The zero-order valence-corrected chi connectivity index (χ0v) is 18.9. The average molecular weight is 465 g/mol. The molecule has 0 spiro atoms. The van der Waals surface area contributed by atoms with Gasteiger partial charge in [0.25, 0.3) is 5.91 Å². The Labute approximate surface area is 195 Å². The van der Waals surface area contributed by atoms with Crippen molar-refractivity contribution in [2.45, 2.75) is 23.5 Å². The molecule has 0 aliphatic carbocycles. The summed E-state index contributed by atoms with van der Waals surface area (Å²) in [4.78, 5) is 17.6. The minimum Gasteiger partial charge on any atom is -0.484 e. The summed E-state index contributed by atoms with van der Waals surface area (Å²) in [5.74, 6) is 0.402. The van der Waals surface area contributed by atoms with Crippen LogP contribution >= 0.6 is 23.4 Å². The van der Waals surface area contributed by atoms with Crippen LogP contribution in [-0.4, -0.2) is 27.3 Å². The number of aromatic nitrogens is 3. The lowest BCUT2D eigenvalue weighted by atomic mass is 10.2. The van der Waals surface area contributed by atoms with Gasteiger partial charge in [-0.25, -0.2) is 4.68 Å². The molecule has 0 fully saturated rings. The van der Waals surface area contributed by atoms with E-state index in [4.69, 9.17) is 16.3 Å². The fourth-order valence-electron chi connectivity index (χ4n) is 2.96. The van der Waals surface area contributed by atoms with Crippen molar-refractivity contribution < 1.29 is 9.53 Å². The van der Waals surface area contributed by atoms with E-state index in [1.165, 1.54) is 11.8 Å². The van der Waals surface area contributed by atoms with Crippen LogP contribution in [0.2, 0.25) is 5.28 Å². The summed E-state index contributed by atoms with van der Waals surface area (Å²) in [5, 5.41) is 8.03. The smallest absolute Gasteiger partial charge is 0.262 e. The minimum atomic E-state index is -0.248. The Morgan fingerprint density at radius 3 is 2.53 bits per heavy atom. The lowest BCUT2D eigenvalue weighted by Crippen LogP contribution is -2.20. The Kier molecular flexibility index (Phi) is 7.09. The number of carbonyl (C=O) groups excluding carboxylic acids is 1. The zero-order valence-electron chi connectivity index (χ0n) is 17.4. The van der Waals surface area contributed by atoms with Gasteiger partial charge in [-0.3, -0.25) is 4.79 Å². The highest BCUT2D eigenvalue weighted by molar-refractivity contribution is 7.99. The van der Waals surface area contributed by atoms with Crippen LogP contribution in [0, 0.1) is 6.92 Å². The SMILES string of the molecule is Cc1ccc(OCC(=O)Nc2ccccc2Sc2nc(Cl)nn2Cc2ccccc2)cc1. The Morgan fingerprint density at radius 2 is 1.75 bits per heavy atom. The summed E-state index contributed by atoms with van der Waals surface area (Å²) in [6.07, 6.45) is 0. The van der Waals surface area contributed by atoms with Gasteiger partial charge in [-0.1, -0.05) is 60.2 Å². The molecule has 0 radical (unpaired) electrons. The van der Waals surface area contributed by atoms with Crippen LogP contribution in [0.15, 0.2) is 88.9 Å². The monoisotopic (exact) mass is 464 g/mol. The number of rotatable bonds is 8. The van der Waals surface area contributed by atoms with E-state index >= 15 is 0 Å². The fraction of sp³-hybridized carbons (Fsp3) is 0.125.